The highest BCUT2D eigenvalue weighted by molar-refractivity contribution is 7.80. The predicted molar refractivity (Wildman–Crippen MR) is 212 cm³/mol. The molecule has 260 valence electrons. The molecule has 0 atom stereocenters. The van der Waals surface area contributed by atoms with Gasteiger partial charge in [-0.05, 0) is 89.8 Å². The number of rotatable bonds is 8. The second-order valence-electron chi connectivity index (χ2n) is 10.9. The average Bonchev–Trinajstić information content (AvgIpc) is 3.14. The van der Waals surface area contributed by atoms with Gasteiger partial charge in [-0.25, -0.2) is 19.6 Å². The second-order valence-corrected chi connectivity index (χ2v) is 11.8. The van der Waals surface area contributed by atoms with Crippen LogP contribution >= 0.6 is 24.4 Å². The van der Waals surface area contributed by atoms with Crippen LogP contribution in [0.3, 0.4) is 0 Å². The van der Waals surface area contributed by atoms with Gasteiger partial charge in [0, 0.05) is 21.9 Å². The Bertz CT molecular complexity index is 2380. The lowest BCUT2D eigenvalue weighted by atomic mass is 10.1. The standard InChI is InChI=1S/2C19H15N3O3S/c20-19(26)22(15-6-3-5-13(10-15)18(24)25)21-11-14-9-8-12-4-1-2-7-16(12)17(14)23;20-19(26)22(15-9-7-13(8-10-15)18(24)25)21-11-14-6-5-12-3-1-2-4-16(12)17(14)23/h2*1-11,23H,(H2,20,26)(H,24,25). The summed E-state index contributed by atoms with van der Waals surface area (Å²) >= 11 is 10.0. The number of thiocarbonyl (C=S) groups is 2. The molecule has 0 aliphatic carbocycles. The number of nitrogens with zero attached hydrogens (tertiary/aromatic N) is 4. The molecule has 0 spiro atoms. The normalized spacial score (nSPS) is 10.9. The van der Waals surface area contributed by atoms with Crippen molar-refractivity contribution in [2.45, 2.75) is 0 Å². The van der Waals surface area contributed by atoms with E-state index < -0.39 is 11.9 Å². The van der Waals surface area contributed by atoms with Gasteiger partial charge in [0.05, 0.1) is 34.9 Å². The summed E-state index contributed by atoms with van der Waals surface area (Å²) in [5.74, 6) is -1.89. The Labute approximate surface area is 307 Å². The number of fused-ring (bicyclic) bond motifs is 2. The van der Waals surface area contributed by atoms with Crippen LogP contribution in [0.5, 0.6) is 11.5 Å². The monoisotopic (exact) mass is 730 g/mol. The molecule has 0 unspecified atom stereocenters. The summed E-state index contributed by atoms with van der Waals surface area (Å²) in [5.41, 5.74) is 13.6. The molecule has 8 N–H and O–H groups in total. The Morgan fingerprint density at radius 1 is 0.558 bits per heavy atom. The number of aromatic hydroxyl groups is 2. The first-order chi connectivity index (χ1) is 24.9. The minimum absolute atomic E-state index is 0.00963. The van der Waals surface area contributed by atoms with Gasteiger partial charge in [0.1, 0.15) is 11.5 Å². The molecule has 12 nitrogen and oxygen atoms in total. The van der Waals surface area contributed by atoms with Crippen molar-refractivity contribution in [2.75, 3.05) is 10.0 Å². The first-order valence-corrected chi connectivity index (χ1v) is 16.1. The van der Waals surface area contributed by atoms with Crippen molar-refractivity contribution in [3.05, 3.63) is 144 Å². The van der Waals surface area contributed by atoms with Crippen molar-refractivity contribution in [1.29, 1.82) is 0 Å². The molecular formula is C38H30N6O6S2. The van der Waals surface area contributed by atoms with Gasteiger partial charge in [0.2, 0.25) is 0 Å². The van der Waals surface area contributed by atoms with Crippen molar-refractivity contribution in [3.8, 4) is 11.5 Å². The lowest BCUT2D eigenvalue weighted by molar-refractivity contribution is 0.0686. The largest absolute Gasteiger partial charge is 0.507 e. The fourth-order valence-electron chi connectivity index (χ4n) is 5.01. The second kappa shape index (κ2) is 16.2. The maximum absolute atomic E-state index is 11.1. The van der Waals surface area contributed by atoms with Gasteiger partial charge < -0.3 is 31.9 Å². The molecule has 6 rings (SSSR count). The summed E-state index contributed by atoms with van der Waals surface area (Å²) in [6.45, 7) is 0. The van der Waals surface area contributed by atoms with Gasteiger partial charge in [-0.1, -0.05) is 66.7 Å². The van der Waals surface area contributed by atoms with Gasteiger partial charge in [0.15, 0.2) is 10.2 Å². The molecule has 6 aromatic rings. The number of anilines is 2. The van der Waals surface area contributed by atoms with E-state index in [2.05, 4.69) is 10.2 Å². The molecular weight excluding hydrogens is 701 g/mol. The van der Waals surface area contributed by atoms with E-state index in [1.165, 1.54) is 46.7 Å². The predicted octanol–water partition coefficient (Wildman–Crippen LogP) is 6.66. The number of hydrazone groups is 2. The molecule has 0 radical (unpaired) electrons. The molecule has 0 fully saturated rings. The van der Waals surface area contributed by atoms with Crippen molar-refractivity contribution in [2.24, 2.45) is 21.7 Å². The molecule has 0 bridgehead atoms. The third kappa shape index (κ3) is 8.45. The Morgan fingerprint density at radius 2 is 1.02 bits per heavy atom. The zero-order chi connectivity index (χ0) is 37.4. The number of carboxylic acid groups (broad SMARTS) is 2. The molecule has 0 amide bonds. The minimum Gasteiger partial charge on any atom is -0.507 e. The van der Waals surface area contributed by atoms with Crippen LogP contribution in [-0.4, -0.2) is 55.0 Å². The number of phenols is 2. The third-order valence-electron chi connectivity index (χ3n) is 7.60. The summed E-state index contributed by atoms with van der Waals surface area (Å²) in [5, 5.41) is 53.1. The first-order valence-electron chi connectivity index (χ1n) is 15.3. The molecule has 0 aliphatic rings. The minimum atomic E-state index is -1.06. The molecule has 0 aromatic heterocycles. The van der Waals surface area contributed by atoms with Crippen molar-refractivity contribution >= 4 is 91.9 Å². The molecule has 14 heteroatoms. The van der Waals surface area contributed by atoms with Crippen LogP contribution in [0.15, 0.2) is 132 Å². The van der Waals surface area contributed by atoms with E-state index in [0.29, 0.717) is 33.3 Å². The topological polar surface area (TPSA) is 198 Å². The highest BCUT2D eigenvalue weighted by atomic mass is 32.1. The molecule has 0 saturated heterocycles. The van der Waals surface area contributed by atoms with E-state index in [1.807, 2.05) is 60.7 Å². The van der Waals surface area contributed by atoms with Crippen LogP contribution < -0.4 is 21.5 Å². The quantitative estimate of drug-likeness (QED) is 0.0554. The van der Waals surface area contributed by atoms with Crippen LogP contribution in [0.4, 0.5) is 11.4 Å². The number of hydrogen-bond acceptors (Lipinski definition) is 8. The Morgan fingerprint density at radius 3 is 1.48 bits per heavy atom. The number of carbonyl (C=O) groups is 2. The lowest BCUT2D eigenvalue weighted by Crippen LogP contribution is -2.31. The molecule has 0 aliphatic heterocycles. The van der Waals surface area contributed by atoms with Gasteiger partial charge >= 0.3 is 11.9 Å². The van der Waals surface area contributed by atoms with E-state index in [9.17, 15) is 19.8 Å². The molecule has 6 aromatic carbocycles. The number of benzene rings is 6. The number of phenolic OH excluding ortho intramolecular Hbond substituents is 2. The molecule has 0 heterocycles. The smallest absolute Gasteiger partial charge is 0.335 e. The highest BCUT2D eigenvalue weighted by Gasteiger charge is 2.13. The van der Waals surface area contributed by atoms with E-state index in [4.69, 9.17) is 46.1 Å². The molecule has 0 saturated carbocycles. The Hall–Kier alpha value is -6.90. The van der Waals surface area contributed by atoms with E-state index >= 15 is 0 Å². The molecule has 52 heavy (non-hydrogen) atoms. The van der Waals surface area contributed by atoms with E-state index in [0.717, 1.165) is 10.8 Å². The SMILES string of the molecule is NC(=S)N(N=Cc1ccc2ccccc2c1O)c1ccc(C(=O)O)cc1.NC(=S)N(N=Cc1ccc2ccccc2c1O)c1cccc(C(=O)O)c1. The maximum Gasteiger partial charge on any atom is 0.335 e. The van der Waals surface area contributed by atoms with Crippen LogP contribution in [0.1, 0.15) is 31.8 Å². The summed E-state index contributed by atoms with van der Waals surface area (Å²) in [6, 6.07) is 34.2. The number of nitrogens with two attached hydrogens (primary N) is 2. The fourth-order valence-corrected chi connectivity index (χ4v) is 5.31. The number of carboxylic acids is 2. The summed E-state index contributed by atoms with van der Waals surface area (Å²) < 4.78 is 0. The number of hydrogen-bond donors (Lipinski definition) is 6. The summed E-state index contributed by atoms with van der Waals surface area (Å²) in [6.07, 6.45) is 2.88. The van der Waals surface area contributed by atoms with Crippen LogP contribution in [-0.2, 0) is 0 Å². The van der Waals surface area contributed by atoms with Crippen LogP contribution in [0, 0.1) is 0 Å². The van der Waals surface area contributed by atoms with Gasteiger partial charge in [-0.2, -0.15) is 10.2 Å². The van der Waals surface area contributed by atoms with Gasteiger partial charge in [0.25, 0.3) is 0 Å². The van der Waals surface area contributed by atoms with Gasteiger partial charge in [-0.3, -0.25) is 0 Å². The van der Waals surface area contributed by atoms with Crippen molar-refractivity contribution < 1.29 is 30.0 Å². The summed E-state index contributed by atoms with van der Waals surface area (Å²) in [7, 11) is 0. The van der Waals surface area contributed by atoms with E-state index in [-0.39, 0.29) is 32.9 Å². The average molecular weight is 731 g/mol. The zero-order valence-electron chi connectivity index (χ0n) is 27.1. The van der Waals surface area contributed by atoms with Crippen molar-refractivity contribution in [3.63, 3.8) is 0 Å². The van der Waals surface area contributed by atoms with Crippen LogP contribution in [0.25, 0.3) is 21.5 Å². The number of aromatic carboxylic acids is 2. The first kappa shape index (κ1) is 36.4. The van der Waals surface area contributed by atoms with E-state index in [1.54, 1.807) is 36.4 Å². The van der Waals surface area contributed by atoms with Crippen molar-refractivity contribution in [1.82, 2.24) is 0 Å². The Balaban J connectivity index is 0.000000201. The highest BCUT2D eigenvalue weighted by Crippen LogP contribution is 2.29. The van der Waals surface area contributed by atoms with Crippen LogP contribution in [0.2, 0.25) is 0 Å². The fraction of sp³-hybridized carbons (Fsp3) is 0. The Kier molecular flexibility index (Phi) is 11.3. The summed E-state index contributed by atoms with van der Waals surface area (Å²) in [4.78, 5) is 22.1. The van der Waals surface area contributed by atoms with Gasteiger partial charge in [-0.15, -0.1) is 0 Å². The maximum atomic E-state index is 11.1. The zero-order valence-corrected chi connectivity index (χ0v) is 28.7. The third-order valence-corrected chi connectivity index (χ3v) is 7.95. The lowest BCUT2D eigenvalue weighted by Gasteiger charge is -2.17.